The molecule has 0 radical (unpaired) electrons. The third-order valence-corrected chi connectivity index (χ3v) is 5.43. The molecule has 6 rings (SSSR count). The highest BCUT2D eigenvalue weighted by Crippen LogP contribution is 2.47. The molecule has 0 fully saturated rings. The quantitative estimate of drug-likeness (QED) is 0.639. The molecule has 3 aliphatic rings. The molecule has 8 heteroatoms. The number of amides is 1. The van der Waals surface area contributed by atoms with Crippen molar-refractivity contribution in [3.05, 3.63) is 64.6 Å². The Morgan fingerprint density at radius 2 is 2.17 bits per heavy atom. The van der Waals surface area contributed by atoms with Crippen molar-refractivity contribution in [1.29, 1.82) is 0 Å². The van der Waals surface area contributed by atoms with Crippen LogP contribution in [-0.4, -0.2) is 25.7 Å². The molecular formula is C22H17FN4O3. The Morgan fingerprint density at radius 1 is 1.40 bits per heavy atom. The molecule has 0 spiro atoms. The van der Waals surface area contributed by atoms with Crippen LogP contribution in [0.5, 0.6) is 0 Å². The van der Waals surface area contributed by atoms with Gasteiger partial charge in [-0.15, -0.1) is 0 Å². The third kappa shape index (κ3) is 2.75. The molecule has 2 aliphatic heterocycles. The normalized spacial score (nSPS) is 18.0. The molecule has 0 saturated heterocycles. The zero-order valence-electron chi connectivity index (χ0n) is 16.2. The predicted octanol–water partition coefficient (Wildman–Crippen LogP) is 2.69. The first-order valence-corrected chi connectivity index (χ1v) is 9.36. The molecule has 1 aliphatic carbocycles. The Kier molecular flexibility index (Phi) is 3.76. The standard InChI is InChI=1S/C22H17FN4O3/c1-11-5-19(26-30-11)22(2,29)4-3-12-8-16-15(9-17(12)23)13-6-14(7-13)27-10-18(20(24)28)25-21(16)27/h5-6,8-10,14,29H,7H2,1-2H3,(H2,24,28)/t14?,22-/m0/s1. The van der Waals surface area contributed by atoms with E-state index in [1.165, 1.54) is 13.0 Å². The summed E-state index contributed by atoms with van der Waals surface area (Å²) in [5, 5.41) is 14.4. The fourth-order valence-electron chi connectivity index (χ4n) is 3.74. The van der Waals surface area contributed by atoms with Crippen molar-refractivity contribution in [2.45, 2.75) is 31.9 Å². The molecule has 7 nitrogen and oxygen atoms in total. The smallest absolute Gasteiger partial charge is 0.268 e. The van der Waals surface area contributed by atoms with Crippen molar-refractivity contribution in [3.8, 4) is 23.2 Å². The first kappa shape index (κ1) is 18.3. The van der Waals surface area contributed by atoms with Gasteiger partial charge in [0.05, 0.1) is 11.6 Å². The summed E-state index contributed by atoms with van der Waals surface area (Å²) in [5.74, 6) is 5.32. The minimum Gasteiger partial charge on any atom is -0.372 e. The highest BCUT2D eigenvalue weighted by atomic mass is 19.1. The number of halogens is 1. The lowest BCUT2D eigenvalue weighted by Gasteiger charge is -2.24. The zero-order chi connectivity index (χ0) is 21.2. The van der Waals surface area contributed by atoms with Gasteiger partial charge in [-0.25, -0.2) is 9.37 Å². The number of hydrogen-bond acceptors (Lipinski definition) is 5. The maximum Gasteiger partial charge on any atom is 0.268 e. The van der Waals surface area contributed by atoms with Crippen LogP contribution < -0.4 is 5.73 Å². The lowest BCUT2D eigenvalue weighted by atomic mass is 9.86. The molecule has 4 heterocycles. The second kappa shape index (κ2) is 6.15. The van der Waals surface area contributed by atoms with E-state index in [1.807, 2.05) is 10.6 Å². The van der Waals surface area contributed by atoms with E-state index in [9.17, 15) is 14.3 Å². The Balaban J connectivity index is 1.62. The Bertz CT molecular complexity index is 1320. The van der Waals surface area contributed by atoms with E-state index in [2.05, 4.69) is 22.0 Å². The lowest BCUT2D eigenvalue weighted by molar-refractivity contribution is 0.0995. The first-order valence-electron chi connectivity index (χ1n) is 9.36. The van der Waals surface area contributed by atoms with Crippen LogP contribution in [0.4, 0.5) is 4.39 Å². The van der Waals surface area contributed by atoms with Gasteiger partial charge in [0.2, 0.25) is 0 Å². The van der Waals surface area contributed by atoms with Gasteiger partial charge in [0.1, 0.15) is 28.8 Å². The predicted molar refractivity (Wildman–Crippen MR) is 105 cm³/mol. The number of hydrogen-bond donors (Lipinski definition) is 2. The van der Waals surface area contributed by atoms with Crippen LogP contribution in [0, 0.1) is 24.6 Å². The topological polar surface area (TPSA) is 107 Å². The lowest BCUT2D eigenvalue weighted by Crippen LogP contribution is -2.19. The van der Waals surface area contributed by atoms with Crippen LogP contribution in [-0.2, 0) is 5.60 Å². The Morgan fingerprint density at radius 3 is 2.83 bits per heavy atom. The second-order valence-corrected chi connectivity index (χ2v) is 7.71. The van der Waals surface area contributed by atoms with E-state index in [-0.39, 0.29) is 23.0 Å². The average molecular weight is 404 g/mol. The first-order chi connectivity index (χ1) is 14.2. The summed E-state index contributed by atoms with van der Waals surface area (Å²) in [5.41, 5.74) is 6.68. The molecule has 2 bridgehead atoms. The minimum atomic E-state index is -1.61. The minimum absolute atomic E-state index is 0.0525. The summed E-state index contributed by atoms with van der Waals surface area (Å²) >= 11 is 0. The van der Waals surface area contributed by atoms with Crippen molar-refractivity contribution < 1.29 is 18.8 Å². The van der Waals surface area contributed by atoms with Crippen LogP contribution in [0.15, 0.2) is 35.0 Å². The summed E-state index contributed by atoms with van der Waals surface area (Å²) in [6.45, 7) is 3.17. The number of nitrogens with two attached hydrogens (primary N) is 1. The van der Waals surface area contributed by atoms with Gasteiger partial charge in [0, 0.05) is 17.8 Å². The highest BCUT2D eigenvalue weighted by molar-refractivity contribution is 5.93. The van der Waals surface area contributed by atoms with Crippen LogP contribution >= 0.6 is 0 Å². The van der Waals surface area contributed by atoms with Gasteiger partial charge in [-0.3, -0.25) is 4.79 Å². The Labute approximate surface area is 171 Å². The molecule has 2 atom stereocenters. The molecule has 30 heavy (non-hydrogen) atoms. The third-order valence-electron chi connectivity index (χ3n) is 5.43. The number of carbonyl (C=O) groups excluding carboxylic acids is 1. The number of aliphatic hydroxyl groups is 1. The number of primary amides is 1. The summed E-state index contributed by atoms with van der Waals surface area (Å²) < 4.78 is 21.7. The van der Waals surface area contributed by atoms with Crippen LogP contribution in [0.2, 0.25) is 0 Å². The summed E-state index contributed by atoms with van der Waals surface area (Å²) in [4.78, 5) is 16.0. The van der Waals surface area contributed by atoms with Gasteiger partial charge in [0.25, 0.3) is 5.91 Å². The fourth-order valence-corrected chi connectivity index (χ4v) is 3.74. The molecule has 150 valence electrons. The molecule has 3 aromatic rings. The number of allylic oxidation sites excluding steroid dienone is 2. The van der Waals surface area contributed by atoms with Crippen molar-refractivity contribution in [3.63, 3.8) is 0 Å². The highest BCUT2D eigenvalue weighted by Gasteiger charge is 2.33. The molecule has 1 unspecified atom stereocenters. The van der Waals surface area contributed by atoms with Crippen LogP contribution in [0.1, 0.15) is 52.5 Å². The number of benzene rings is 1. The summed E-state index contributed by atoms with van der Waals surface area (Å²) in [6.07, 6.45) is 4.36. The van der Waals surface area contributed by atoms with Crippen LogP contribution in [0.3, 0.4) is 0 Å². The number of aromatic nitrogens is 3. The molecule has 3 N–H and O–H groups in total. The van der Waals surface area contributed by atoms with Gasteiger partial charge in [-0.2, -0.15) is 0 Å². The maximum atomic E-state index is 14.8. The monoisotopic (exact) mass is 404 g/mol. The van der Waals surface area contributed by atoms with Crippen molar-refractivity contribution in [2.75, 3.05) is 0 Å². The van der Waals surface area contributed by atoms with Crippen LogP contribution in [0.25, 0.3) is 17.0 Å². The van der Waals surface area contributed by atoms with Gasteiger partial charge in [-0.05, 0) is 43.5 Å². The molecule has 1 amide bonds. The SMILES string of the molecule is Cc1cc([C@@](C)(O)C#Cc2cc3c(cc2F)C2=CC(C2)n2cc(C(N)=O)nc2-3)no1. The van der Waals surface area contributed by atoms with Crippen molar-refractivity contribution in [1.82, 2.24) is 14.7 Å². The van der Waals surface area contributed by atoms with E-state index in [1.54, 1.807) is 25.3 Å². The molecule has 1 aromatic carbocycles. The van der Waals surface area contributed by atoms with Gasteiger partial charge in [0.15, 0.2) is 5.60 Å². The van der Waals surface area contributed by atoms with E-state index >= 15 is 0 Å². The van der Waals surface area contributed by atoms with E-state index in [0.29, 0.717) is 22.7 Å². The number of rotatable bonds is 2. The van der Waals surface area contributed by atoms with Crippen molar-refractivity contribution in [2.24, 2.45) is 5.73 Å². The number of nitrogens with zero attached hydrogens (tertiary/aromatic N) is 3. The van der Waals surface area contributed by atoms with E-state index < -0.39 is 17.3 Å². The summed E-state index contributed by atoms with van der Waals surface area (Å²) in [7, 11) is 0. The average Bonchev–Trinajstić information content (AvgIpc) is 3.23. The van der Waals surface area contributed by atoms with Gasteiger partial charge < -0.3 is 19.9 Å². The molecular weight excluding hydrogens is 387 g/mol. The largest absolute Gasteiger partial charge is 0.372 e. The number of imidazole rings is 1. The Hall–Kier alpha value is -3.70. The van der Waals surface area contributed by atoms with Gasteiger partial charge in [-0.1, -0.05) is 23.1 Å². The molecule has 2 aromatic heterocycles. The summed E-state index contributed by atoms with van der Waals surface area (Å²) in [6, 6.07) is 4.64. The number of aryl methyl sites for hydroxylation is 1. The van der Waals surface area contributed by atoms with Crippen molar-refractivity contribution >= 4 is 11.5 Å². The van der Waals surface area contributed by atoms with E-state index in [0.717, 1.165) is 12.0 Å². The van der Waals surface area contributed by atoms with Gasteiger partial charge >= 0.3 is 0 Å². The fraction of sp³-hybridized carbons (Fsp3) is 0.227. The number of carbonyl (C=O) groups is 1. The second-order valence-electron chi connectivity index (χ2n) is 7.71. The molecule has 0 saturated carbocycles. The van der Waals surface area contributed by atoms with E-state index in [4.69, 9.17) is 10.3 Å². The zero-order valence-corrected chi connectivity index (χ0v) is 16.2. The maximum absolute atomic E-state index is 14.8.